The van der Waals surface area contributed by atoms with Crippen molar-refractivity contribution in [2.75, 3.05) is 36.6 Å². The summed E-state index contributed by atoms with van der Waals surface area (Å²) in [5.41, 5.74) is -2.45. The van der Waals surface area contributed by atoms with E-state index >= 15 is 0 Å². The zero-order chi connectivity index (χ0) is 25.0. The van der Waals surface area contributed by atoms with Crippen LogP contribution in [0.25, 0.3) is 0 Å². The summed E-state index contributed by atoms with van der Waals surface area (Å²) in [5.74, 6) is -3.44. The lowest BCUT2D eigenvalue weighted by Gasteiger charge is -2.34. The Morgan fingerprint density at radius 3 is 2.24 bits per heavy atom. The quantitative estimate of drug-likeness (QED) is 0.238. The Balaban J connectivity index is 2.25. The second kappa shape index (κ2) is 10.3. The van der Waals surface area contributed by atoms with Crippen LogP contribution in [-0.4, -0.2) is 44.3 Å². The van der Waals surface area contributed by atoms with Gasteiger partial charge in [-0.1, -0.05) is 0 Å². The molecule has 0 amide bonds. The van der Waals surface area contributed by atoms with Crippen molar-refractivity contribution in [2.45, 2.75) is 60.4 Å². The Morgan fingerprint density at radius 2 is 1.67 bits per heavy atom. The number of carbonyl (C=O) groups excluding carboxylic acids is 2. The van der Waals surface area contributed by atoms with Gasteiger partial charge < -0.3 is 19.7 Å². The van der Waals surface area contributed by atoms with Crippen LogP contribution in [0.4, 0.5) is 11.4 Å². The summed E-state index contributed by atoms with van der Waals surface area (Å²) in [6, 6.07) is 0. The fourth-order valence-corrected chi connectivity index (χ4v) is 3.21. The van der Waals surface area contributed by atoms with Gasteiger partial charge in [0.2, 0.25) is 0 Å². The summed E-state index contributed by atoms with van der Waals surface area (Å²) in [5, 5.41) is 2.94. The predicted octanol–water partition coefficient (Wildman–Crippen LogP) is 2.32. The number of hydrogen-bond donors (Lipinski definition) is 1. The van der Waals surface area contributed by atoms with E-state index in [0.29, 0.717) is 19.5 Å². The SMILES string of the molecule is CC(C)(C)C(=O)OCOC(CCN1CCCNc2c1c(=O)c2=O)(OP=O)OC(=O)C(C)(C)C. The molecule has 0 aliphatic carbocycles. The number of nitrogens with zero attached hydrogens (tertiary/aromatic N) is 1. The van der Waals surface area contributed by atoms with Gasteiger partial charge in [0.25, 0.3) is 10.9 Å². The highest BCUT2D eigenvalue weighted by Gasteiger charge is 2.43. The molecular weight excluding hydrogens is 455 g/mol. The van der Waals surface area contributed by atoms with E-state index in [1.165, 1.54) is 0 Å². The molecule has 0 aromatic heterocycles. The zero-order valence-corrected chi connectivity index (χ0v) is 20.7. The average molecular weight is 486 g/mol. The molecule has 1 unspecified atom stereocenters. The van der Waals surface area contributed by atoms with E-state index in [0.717, 1.165) is 0 Å². The summed E-state index contributed by atoms with van der Waals surface area (Å²) in [7, 11) is -0.841. The second-order valence-corrected chi connectivity index (χ2v) is 10.2. The van der Waals surface area contributed by atoms with Crippen molar-refractivity contribution in [1.82, 2.24) is 0 Å². The molecule has 11 nitrogen and oxygen atoms in total. The molecule has 0 saturated heterocycles. The lowest BCUT2D eigenvalue weighted by atomic mass is 9.97. The number of nitrogens with one attached hydrogen (secondary N) is 1. The Morgan fingerprint density at radius 1 is 1.03 bits per heavy atom. The van der Waals surface area contributed by atoms with Crippen molar-refractivity contribution in [2.24, 2.45) is 10.8 Å². The molecule has 1 aromatic rings. The van der Waals surface area contributed by atoms with Gasteiger partial charge in [-0.2, -0.15) is 0 Å². The summed E-state index contributed by atoms with van der Waals surface area (Å²) >= 11 is 0. The van der Waals surface area contributed by atoms with Crippen molar-refractivity contribution < 1.29 is 32.9 Å². The molecule has 0 fully saturated rings. The van der Waals surface area contributed by atoms with E-state index in [9.17, 15) is 23.7 Å². The zero-order valence-electron chi connectivity index (χ0n) is 19.8. The van der Waals surface area contributed by atoms with Crippen molar-refractivity contribution in [3.05, 3.63) is 20.4 Å². The lowest BCUT2D eigenvalue weighted by molar-refractivity contribution is -0.346. The molecule has 1 aromatic carbocycles. The van der Waals surface area contributed by atoms with Gasteiger partial charge >= 0.3 is 26.6 Å². The smallest absolute Gasteiger partial charge is 0.343 e. The van der Waals surface area contributed by atoms with Gasteiger partial charge in [0.15, 0.2) is 6.79 Å². The van der Waals surface area contributed by atoms with Gasteiger partial charge in [0.05, 0.1) is 17.3 Å². The number of ether oxygens (including phenoxy) is 3. The van der Waals surface area contributed by atoms with Crippen LogP contribution >= 0.6 is 8.69 Å². The van der Waals surface area contributed by atoms with E-state index in [1.807, 2.05) is 0 Å². The fourth-order valence-electron chi connectivity index (χ4n) is 2.92. The van der Waals surface area contributed by atoms with Crippen LogP contribution in [0, 0.1) is 10.8 Å². The maximum atomic E-state index is 12.6. The van der Waals surface area contributed by atoms with Gasteiger partial charge in [-0.3, -0.25) is 23.9 Å². The largest absolute Gasteiger partial charge is 0.438 e. The minimum absolute atomic E-state index is 0.0691. The van der Waals surface area contributed by atoms with Gasteiger partial charge in [0, 0.05) is 19.6 Å². The molecule has 33 heavy (non-hydrogen) atoms. The molecule has 1 aliphatic rings. The highest BCUT2D eigenvalue weighted by Crippen LogP contribution is 2.32. The molecule has 1 heterocycles. The first kappa shape index (κ1) is 26.9. The molecule has 0 radical (unpaired) electrons. The number of hydrogen-bond acceptors (Lipinski definition) is 11. The highest BCUT2D eigenvalue weighted by molar-refractivity contribution is 7.17. The molecule has 12 heteroatoms. The highest BCUT2D eigenvalue weighted by atomic mass is 31.1. The van der Waals surface area contributed by atoms with E-state index in [1.54, 1.807) is 46.4 Å². The number of fused-ring (bicyclic) bond motifs is 1. The molecule has 0 bridgehead atoms. The maximum absolute atomic E-state index is 12.6. The third-order valence-electron chi connectivity index (χ3n) is 4.91. The summed E-state index contributed by atoms with van der Waals surface area (Å²) in [4.78, 5) is 50.3. The van der Waals surface area contributed by atoms with Gasteiger partial charge in [-0.25, -0.2) is 9.09 Å². The minimum Gasteiger partial charge on any atom is -0.438 e. The summed E-state index contributed by atoms with van der Waals surface area (Å²) in [6.07, 6.45) is 0.461. The number of esters is 2. The normalized spacial score (nSPS) is 16.5. The lowest BCUT2D eigenvalue weighted by Crippen LogP contribution is -2.47. The Bertz CT molecular complexity index is 957. The average Bonchev–Trinajstić information content (AvgIpc) is 2.90. The van der Waals surface area contributed by atoms with Gasteiger partial charge in [0.1, 0.15) is 11.4 Å². The molecular formula is C21H31N2O9P. The van der Waals surface area contributed by atoms with Crippen molar-refractivity contribution in [1.29, 1.82) is 0 Å². The van der Waals surface area contributed by atoms with Gasteiger partial charge in [-0.05, 0) is 48.0 Å². The first-order chi connectivity index (χ1) is 15.2. The molecule has 0 spiro atoms. The van der Waals surface area contributed by atoms with Crippen LogP contribution in [0.1, 0.15) is 54.4 Å². The minimum atomic E-state index is -2.16. The van der Waals surface area contributed by atoms with E-state index in [-0.39, 0.29) is 24.3 Å². The standard InChI is InChI=1S/C21H31N2O9P/c1-19(2,3)17(26)29-12-30-21(32-33-28,31-18(27)20(4,5)6)8-11-23-10-7-9-22-13-14(23)16(25)15(13)24/h22H,7-12H2,1-6H3. The summed E-state index contributed by atoms with van der Waals surface area (Å²) in [6.45, 7) is 10.2. The molecule has 1 atom stereocenters. The van der Waals surface area contributed by atoms with Crippen molar-refractivity contribution in [3.8, 4) is 0 Å². The number of rotatable bonds is 9. The molecule has 1 N–H and O–H groups in total. The van der Waals surface area contributed by atoms with Gasteiger partial charge in [-0.15, -0.1) is 0 Å². The van der Waals surface area contributed by atoms with E-state index in [2.05, 4.69) is 5.32 Å². The predicted molar refractivity (Wildman–Crippen MR) is 120 cm³/mol. The Labute approximate surface area is 193 Å². The van der Waals surface area contributed by atoms with Crippen LogP contribution in [-0.2, 0) is 32.9 Å². The molecule has 184 valence electrons. The third-order valence-corrected chi connectivity index (χ3v) is 5.27. The van der Waals surface area contributed by atoms with Crippen LogP contribution in [0.5, 0.6) is 0 Å². The second-order valence-electron chi connectivity index (χ2n) is 9.83. The first-order valence-electron chi connectivity index (χ1n) is 10.6. The van der Waals surface area contributed by atoms with E-state index in [4.69, 9.17) is 18.7 Å². The van der Waals surface area contributed by atoms with Crippen LogP contribution in [0.15, 0.2) is 9.59 Å². The number of anilines is 2. The Kier molecular flexibility index (Phi) is 8.37. The fraction of sp³-hybridized carbons (Fsp3) is 0.714. The molecule has 1 aliphatic heterocycles. The van der Waals surface area contributed by atoms with E-state index < -0.39 is 55.1 Å². The van der Waals surface area contributed by atoms with Crippen LogP contribution in [0.3, 0.4) is 0 Å². The third kappa shape index (κ3) is 6.59. The van der Waals surface area contributed by atoms with Crippen molar-refractivity contribution in [3.63, 3.8) is 0 Å². The Hall–Kier alpha value is -2.36. The number of carbonyl (C=O) groups is 2. The van der Waals surface area contributed by atoms with Crippen LogP contribution in [0.2, 0.25) is 0 Å². The first-order valence-corrected chi connectivity index (χ1v) is 11.3. The summed E-state index contributed by atoms with van der Waals surface area (Å²) < 4.78 is 32.7. The maximum Gasteiger partial charge on any atom is 0.343 e. The molecule has 2 rings (SSSR count). The topological polar surface area (TPSA) is 138 Å². The monoisotopic (exact) mass is 486 g/mol. The molecule has 0 saturated carbocycles. The van der Waals surface area contributed by atoms with Crippen LogP contribution < -0.4 is 21.1 Å². The van der Waals surface area contributed by atoms with Crippen molar-refractivity contribution >= 4 is 32.0 Å².